The lowest BCUT2D eigenvalue weighted by Gasteiger charge is -2.26. The summed E-state index contributed by atoms with van der Waals surface area (Å²) in [6.07, 6.45) is 2.58. The number of aromatic amines is 1. The predicted molar refractivity (Wildman–Crippen MR) is 117 cm³/mol. The first-order chi connectivity index (χ1) is 15.1. The van der Waals surface area contributed by atoms with Gasteiger partial charge in [0.05, 0.1) is 35.1 Å². The van der Waals surface area contributed by atoms with Gasteiger partial charge in [0, 0.05) is 19.2 Å². The molecule has 0 bridgehead atoms. The first-order valence-corrected chi connectivity index (χ1v) is 10.4. The number of hydrogen-bond acceptors (Lipinski definition) is 9. The maximum absolute atomic E-state index is 11.2. The molecule has 2 N–H and O–H groups in total. The van der Waals surface area contributed by atoms with E-state index in [2.05, 4.69) is 32.2 Å². The number of aryl methyl sites for hydroxylation is 2. The summed E-state index contributed by atoms with van der Waals surface area (Å²) in [4.78, 5) is 4.72. The number of fused-ring (bicyclic) bond motifs is 2. The highest BCUT2D eigenvalue weighted by molar-refractivity contribution is 7.18. The number of H-pyrrole nitrogens is 1. The average Bonchev–Trinajstić information content (AvgIpc) is 3.54. The number of thiazole rings is 1. The lowest BCUT2D eigenvalue weighted by molar-refractivity contribution is -0.00714. The van der Waals surface area contributed by atoms with Crippen LogP contribution in [0.25, 0.3) is 21.3 Å². The topological polar surface area (TPSA) is 121 Å². The molecule has 11 heteroatoms. The van der Waals surface area contributed by atoms with Crippen LogP contribution >= 0.6 is 11.3 Å². The number of hydrazone groups is 1. The Morgan fingerprint density at radius 3 is 3.03 bits per heavy atom. The van der Waals surface area contributed by atoms with Gasteiger partial charge in [0.25, 0.3) is 0 Å². The van der Waals surface area contributed by atoms with E-state index < -0.39 is 6.23 Å². The Hall–Kier alpha value is -3.57. The zero-order valence-electron chi connectivity index (χ0n) is 17.0. The Labute approximate surface area is 180 Å². The minimum Gasteiger partial charge on any atom is -0.428 e. The Kier molecular flexibility index (Phi) is 4.75. The van der Waals surface area contributed by atoms with Crippen LogP contribution in [0.15, 0.2) is 40.3 Å². The maximum Gasteiger partial charge on any atom is 0.223 e. The van der Waals surface area contributed by atoms with E-state index >= 15 is 0 Å². The fourth-order valence-corrected chi connectivity index (χ4v) is 4.95. The smallest absolute Gasteiger partial charge is 0.223 e. The molecule has 0 saturated heterocycles. The minimum atomic E-state index is -0.981. The van der Waals surface area contributed by atoms with Crippen molar-refractivity contribution < 1.29 is 9.52 Å². The van der Waals surface area contributed by atoms with Crippen molar-refractivity contribution in [2.24, 2.45) is 12.1 Å². The lowest BCUT2D eigenvalue weighted by atomic mass is 10.1. The fraction of sp³-hybridized carbons (Fsp3) is 0.250. The highest BCUT2D eigenvalue weighted by Crippen LogP contribution is 2.35. The predicted octanol–water partition coefficient (Wildman–Crippen LogP) is 2.90. The molecule has 0 radical (unpaired) electrons. The van der Waals surface area contributed by atoms with Crippen LogP contribution in [0.1, 0.15) is 33.9 Å². The summed E-state index contributed by atoms with van der Waals surface area (Å²) in [7, 11) is 1.89. The number of aromatic nitrogens is 6. The van der Waals surface area contributed by atoms with Gasteiger partial charge in [-0.05, 0) is 24.1 Å². The Balaban J connectivity index is 1.46. The molecule has 0 fully saturated rings. The first kappa shape index (κ1) is 19.4. The van der Waals surface area contributed by atoms with E-state index in [1.54, 1.807) is 22.5 Å². The molecule has 4 aromatic heterocycles. The second-order valence-corrected chi connectivity index (χ2v) is 8.28. The molecule has 0 aliphatic rings. The molecule has 1 unspecified atom stereocenters. The summed E-state index contributed by atoms with van der Waals surface area (Å²) in [6.45, 7) is 6.04. The van der Waals surface area contributed by atoms with Crippen LogP contribution in [-0.2, 0) is 20.0 Å². The summed E-state index contributed by atoms with van der Waals surface area (Å²) in [5.41, 5.74) is 4.40. The highest BCUT2D eigenvalue weighted by Gasteiger charge is 2.26. The molecule has 4 heterocycles. The molecule has 158 valence electrons. The summed E-state index contributed by atoms with van der Waals surface area (Å²) >= 11 is 1.55. The maximum atomic E-state index is 11.2. The molecule has 31 heavy (non-hydrogen) atoms. The molecule has 0 aliphatic carbocycles. The van der Waals surface area contributed by atoms with Gasteiger partial charge >= 0.3 is 0 Å². The van der Waals surface area contributed by atoms with Crippen molar-refractivity contribution in [2.75, 3.05) is 0 Å². The van der Waals surface area contributed by atoms with Crippen molar-refractivity contribution in [1.29, 1.82) is 0 Å². The second kappa shape index (κ2) is 7.60. The molecular formula is C20H20N8O2S. The van der Waals surface area contributed by atoms with E-state index in [4.69, 9.17) is 9.40 Å². The van der Waals surface area contributed by atoms with Crippen LogP contribution in [0.4, 0.5) is 0 Å². The van der Waals surface area contributed by atoms with Gasteiger partial charge in [0.1, 0.15) is 5.01 Å². The average molecular weight is 437 g/mol. The van der Waals surface area contributed by atoms with Gasteiger partial charge in [-0.15, -0.1) is 21.5 Å². The summed E-state index contributed by atoms with van der Waals surface area (Å²) in [5, 5.41) is 33.4. The highest BCUT2D eigenvalue weighted by atomic mass is 32.1. The van der Waals surface area contributed by atoms with Crippen molar-refractivity contribution in [3.63, 3.8) is 0 Å². The zero-order valence-corrected chi connectivity index (χ0v) is 17.8. The van der Waals surface area contributed by atoms with E-state index in [0.29, 0.717) is 18.9 Å². The van der Waals surface area contributed by atoms with Crippen molar-refractivity contribution in [2.45, 2.75) is 26.1 Å². The quantitative estimate of drug-likeness (QED) is 0.229. The lowest BCUT2D eigenvalue weighted by Crippen LogP contribution is -2.25. The Morgan fingerprint density at radius 1 is 1.42 bits per heavy atom. The Morgan fingerprint density at radius 2 is 2.29 bits per heavy atom. The van der Waals surface area contributed by atoms with E-state index in [9.17, 15) is 5.11 Å². The molecular weight excluding hydrogens is 416 g/mol. The van der Waals surface area contributed by atoms with E-state index in [-0.39, 0.29) is 0 Å². The van der Waals surface area contributed by atoms with E-state index in [1.807, 2.05) is 36.7 Å². The van der Waals surface area contributed by atoms with Crippen LogP contribution in [0.2, 0.25) is 0 Å². The molecule has 1 aromatic carbocycles. The number of aliphatic hydroxyl groups is 1. The van der Waals surface area contributed by atoms with Gasteiger partial charge < -0.3 is 14.1 Å². The van der Waals surface area contributed by atoms with Crippen LogP contribution in [0.3, 0.4) is 0 Å². The van der Waals surface area contributed by atoms with E-state index in [1.165, 1.54) is 6.39 Å². The SMILES string of the molecule is C=NN(Cc1cccc2[nH]ncc12)C(O)c1c(C)c2sc(Cc3nnco3)nc2n1C. The zero-order chi connectivity index (χ0) is 21.5. The third-order valence-electron chi connectivity index (χ3n) is 5.38. The van der Waals surface area contributed by atoms with Crippen molar-refractivity contribution in [1.82, 2.24) is 35.0 Å². The van der Waals surface area contributed by atoms with Crippen molar-refractivity contribution in [3.8, 4) is 0 Å². The van der Waals surface area contributed by atoms with Gasteiger partial charge in [-0.2, -0.15) is 10.2 Å². The van der Waals surface area contributed by atoms with Crippen molar-refractivity contribution >= 4 is 39.3 Å². The van der Waals surface area contributed by atoms with Gasteiger partial charge in [0.2, 0.25) is 12.3 Å². The molecule has 1 atom stereocenters. The second-order valence-electron chi connectivity index (χ2n) is 7.20. The monoisotopic (exact) mass is 436 g/mol. The number of hydrogen-bond donors (Lipinski definition) is 2. The fourth-order valence-electron chi connectivity index (χ4n) is 3.85. The van der Waals surface area contributed by atoms with Crippen LogP contribution in [0.5, 0.6) is 0 Å². The third-order valence-corrected chi connectivity index (χ3v) is 6.55. The Bertz CT molecular complexity index is 1330. The van der Waals surface area contributed by atoms with Crippen molar-refractivity contribution in [3.05, 3.63) is 58.5 Å². The van der Waals surface area contributed by atoms with Crippen LogP contribution in [0, 0.1) is 6.92 Å². The normalized spacial score (nSPS) is 12.6. The molecule has 0 amide bonds. The molecule has 10 nitrogen and oxygen atoms in total. The third kappa shape index (κ3) is 3.27. The van der Waals surface area contributed by atoms with Crippen LogP contribution < -0.4 is 0 Å². The molecule has 0 saturated carbocycles. The number of benzene rings is 1. The first-order valence-electron chi connectivity index (χ1n) is 9.58. The van der Waals surface area contributed by atoms with Gasteiger partial charge in [-0.25, -0.2) is 4.98 Å². The molecule has 5 rings (SSSR count). The van der Waals surface area contributed by atoms with Gasteiger partial charge in [0.15, 0.2) is 11.9 Å². The summed E-state index contributed by atoms with van der Waals surface area (Å²) in [5.74, 6) is 0.521. The summed E-state index contributed by atoms with van der Waals surface area (Å²) < 4.78 is 8.13. The van der Waals surface area contributed by atoms with E-state index in [0.717, 1.165) is 43.1 Å². The standard InChI is InChI=1S/C20H20N8O2S/c1-11-17(27(3)19-18(11)31-16(24-19)7-15-26-23-10-30-15)20(29)28(21-2)9-12-5-4-6-14-13(12)8-22-25-14/h4-6,8,10,20,29H,2,7,9H2,1,3H3,(H,22,25). The number of aliphatic hydroxyl groups excluding tert-OH is 1. The molecule has 5 aromatic rings. The van der Waals surface area contributed by atoms with Gasteiger partial charge in [-0.3, -0.25) is 10.1 Å². The number of rotatable bonds is 7. The number of nitrogens with one attached hydrogen (secondary N) is 1. The summed E-state index contributed by atoms with van der Waals surface area (Å²) in [6, 6.07) is 5.90. The van der Waals surface area contributed by atoms with Crippen LogP contribution in [-0.4, -0.2) is 46.8 Å². The minimum absolute atomic E-state index is 0.385. The number of nitrogens with zero attached hydrogens (tertiary/aromatic N) is 7. The van der Waals surface area contributed by atoms with Gasteiger partial charge in [-0.1, -0.05) is 12.1 Å². The molecule has 0 aliphatic heterocycles. The molecule has 0 spiro atoms. The largest absolute Gasteiger partial charge is 0.428 e.